The van der Waals surface area contributed by atoms with Crippen molar-refractivity contribution < 1.29 is 4.42 Å². The van der Waals surface area contributed by atoms with Crippen LogP contribution in [0, 0.1) is 0 Å². The van der Waals surface area contributed by atoms with Gasteiger partial charge in [-0.05, 0) is 18.2 Å². The molecule has 0 saturated heterocycles. The third kappa shape index (κ3) is 1.82. The standard InChI is InChI=1S/C11H10BrNO/c1-13(11-5-6-14-8-11)10-4-2-3-9(12)7-10/h2-8H,1H3. The molecule has 0 atom stereocenters. The van der Waals surface area contributed by atoms with Crippen molar-refractivity contribution in [1.29, 1.82) is 0 Å². The van der Waals surface area contributed by atoms with Gasteiger partial charge in [0.1, 0.15) is 6.26 Å². The summed E-state index contributed by atoms with van der Waals surface area (Å²) in [5.41, 5.74) is 2.17. The van der Waals surface area contributed by atoms with E-state index in [9.17, 15) is 0 Å². The van der Waals surface area contributed by atoms with Gasteiger partial charge in [0.2, 0.25) is 0 Å². The summed E-state index contributed by atoms with van der Waals surface area (Å²) in [6, 6.07) is 10.1. The van der Waals surface area contributed by atoms with Crippen molar-refractivity contribution in [2.24, 2.45) is 0 Å². The third-order valence-corrected chi connectivity index (χ3v) is 2.58. The summed E-state index contributed by atoms with van der Waals surface area (Å²) in [5, 5.41) is 0. The Kier molecular flexibility index (Phi) is 2.59. The topological polar surface area (TPSA) is 16.4 Å². The van der Waals surface area contributed by atoms with Crippen molar-refractivity contribution in [2.75, 3.05) is 11.9 Å². The lowest BCUT2D eigenvalue weighted by Gasteiger charge is -2.16. The number of anilines is 2. The number of benzene rings is 1. The molecule has 0 aliphatic heterocycles. The zero-order chi connectivity index (χ0) is 9.97. The summed E-state index contributed by atoms with van der Waals surface area (Å²) in [5.74, 6) is 0. The van der Waals surface area contributed by atoms with E-state index in [1.54, 1.807) is 12.5 Å². The van der Waals surface area contributed by atoms with Crippen LogP contribution >= 0.6 is 15.9 Å². The number of hydrogen-bond donors (Lipinski definition) is 0. The molecule has 2 nitrogen and oxygen atoms in total. The van der Waals surface area contributed by atoms with E-state index in [0.29, 0.717) is 0 Å². The second kappa shape index (κ2) is 3.88. The largest absolute Gasteiger partial charge is 0.470 e. The van der Waals surface area contributed by atoms with Gasteiger partial charge in [0.05, 0.1) is 12.0 Å². The number of rotatable bonds is 2. The Morgan fingerprint density at radius 2 is 2.07 bits per heavy atom. The smallest absolute Gasteiger partial charge is 0.114 e. The Balaban J connectivity index is 2.32. The molecule has 1 heterocycles. The minimum Gasteiger partial charge on any atom is -0.470 e. The van der Waals surface area contributed by atoms with E-state index in [1.165, 1.54) is 0 Å². The van der Waals surface area contributed by atoms with Gasteiger partial charge < -0.3 is 9.32 Å². The first-order chi connectivity index (χ1) is 6.77. The van der Waals surface area contributed by atoms with E-state index >= 15 is 0 Å². The maximum atomic E-state index is 5.03. The molecule has 0 amide bonds. The highest BCUT2D eigenvalue weighted by Crippen LogP contribution is 2.25. The molecule has 0 aliphatic carbocycles. The minimum absolute atomic E-state index is 1.04. The lowest BCUT2D eigenvalue weighted by Crippen LogP contribution is -2.07. The van der Waals surface area contributed by atoms with E-state index in [2.05, 4.69) is 33.0 Å². The monoisotopic (exact) mass is 251 g/mol. The van der Waals surface area contributed by atoms with Crippen molar-refractivity contribution >= 4 is 27.3 Å². The van der Waals surface area contributed by atoms with Crippen LogP contribution in [-0.2, 0) is 0 Å². The van der Waals surface area contributed by atoms with Gasteiger partial charge in [0.25, 0.3) is 0 Å². The van der Waals surface area contributed by atoms with Gasteiger partial charge in [-0.3, -0.25) is 0 Å². The molecular weight excluding hydrogens is 242 g/mol. The average Bonchev–Trinajstić information content (AvgIpc) is 2.69. The molecule has 1 aromatic heterocycles. The molecule has 0 bridgehead atoms. The van der Waals surface area contributed by atoms with Crippen LogP contribution in [0.2, 0.25) is 0 Å². The van der Waals surface area contributed by atoms with E-state index in [0.717, 1.165) is 15.8 Å². The van der Waals surface area contributed by atoms with Crippen molar-refractivity contribution in [3.05, 3.63) is 47.3 Å². The Morgan fingerprint density at radius 3 is 2.71 bits per heavy atom. The van der Waals surface area contributed by atoms with Gasteiger partial charge in [0.15, 0.2) is 0 Å². The maximum Gasteiger partial charge on any atom is 0.114 e. The van der Waals surface area contributed by atoms with Crippen LogP contribution in [-0.4, -0.2) is 7.05 Å². The van der Waals surface area contributed by atoms with Crippen molar-refractivity contribution in [1.82, 2.24) is 0 Å². The fourth-order valence-electron chi connectivity index (χ4n) is 1.28. The summed E-state index contributed by atoms with van der Waals surface area (Å²) in [6.07, 6.45) is 3.39. The lowest BCUT2D eigenvalue weighted by molar-refractivity contribution is 0.567. The molecule has 14 heavy (non-hydrogen) atoms. The predicted molar refractivity (Wildman–Crippen MR) is 60.9 cm³/mol. The number of nitrogens with zero attached hydrogens (tertiary/aromatic N) is 1. The quantitative estimate of drug-likeness (QED) is 0.808. The number of hydrogen-bond acceptors (Lipinski definition) is 2. The average molecular weight is 252 g/mol. The first kappa shape index (κ1) is 9.34. The SMILES string of the molecule is CN(c1ccoc1)c1cccc(Br)c1. The summed E-state index contributed by atoms with van der Waals surface area (Å²) in [4.78, 5) is 2.06. The van der Waals surface area contributed by atoms with E-state index in [1.807, 2.05) is 25.2 Å². The summed E-state index contributed by atoms with van der Waals surface area (Å²) < 4.78 is 6.11. The molecule has 2 aromatic rings. The predicted octanol–water partition coefficient (Wildman–Crippen LogP) is 3.81. The Hall–Kier alpha value is -1.22. The molecule has 0 spiro atoms. The normalized spacial score (nSPS) is 10.1. The zero-order valence-electron chi connectivity index (χ0n) is 7.77. The Morgan fingerprint density at radius 1 is 1.21 bits per heavy atom. The molecule has 0 aliphatic rings. The molecule has 0 fully saturated rings. The summed E-state index contributed by atoms with van der Waals surface area (Å²) in [6.45, 7) is 0. The molecule has 3 heteroatoms. The lowest BCUT2D eigenvalue weighted by atomic mass is 10.3. The third-order valence-electron chi connectivity index (χ3n) is 2.09. The minimum atomic E-state index is 1.04. The van der Waals surface area contributed by atoms with Crippen LogP contribution in [0.1, 0.15) is 0 Å². The molecule has 72 valence electrons. The molecule has 0 saturated carbocycles. The zero-order valence-corrected chi connectivity index (χ0v) is 9.36. The van der Waals surface area contributed by atoms with Gasteiger partial charge in [-0.1, -0.05) is 22.0 Å². The van der Waals surface area contributed by atoms with E-state index in [-0.39, 0.29) is 0 Å². The van der Waals surface area contributed by atoms with Crippen LogP contribution in [0.3, 0.4) is 0 Å². The fourth-order valence-corrected chi connectivity index (χ4v) is 1.67. The van der Waals surface area contributed by atoms with E-state index in [4.69, 9.17) is 4.42 Å². The Bertz CT molecular complexity index is 411. The van der Waals surface area contributed by atoms with E-state index < -0.39 is 0 Å². The first-order valence-corrected chi connectivity index (χ1v) is 5.08. The molecule has 2 rings (SSSR count). The highest BCUT2D eigenvalue weighted by Gasteiger charge is 2.04. The highest BCUT2D eigenvalue weighted by molar-refractivity contribution is 9.10. The van der Waals surface area contributed by atoms with Gasteiger partial charge in [-0.25, -0.2) is 0 Å². The van der Waals surface area contributed by atoms with Crippen LogP contribution in [0.5, 0.6) is 0 Å². The van der Waals surface area contributed by atoms with Gasteiger partial charge >= 0.3 is 0 Å². The second-order valence-corrected chi connectivity index (χ2v) is 3.94. The van der Waals surface area contributed by atoms with Crippen molar-refractivity contribution in [3.63, 3.8) is 0 Å². The van der Waals surface area contributed by atoms with Gasteiger partial charge in [-0.2, -0.15) is 0 Å². The summed E-state index contributed by atoms with van der Waals surface area (Å²) >= 11 is 3.44. The van der Waals surface area contributed by atoms with Gasteiger partial charge in [-0.15, -0.1) is 0 Å². The second-order valence-electron chi connectivity index (χ2n) is 3.02. The maximum absolute atomic E-state index is 5.03. The van der Waals surface area contributed by atoms with Crippen LogP contribution in [0.25, 0.3) is 0 Å². The van der Waals surface area contributed by atoms with Crippen molar-refractivity contribution in [2.45, 2.75) is 0 Å². The fraction of sp³-hybridized carbons (Fsp3) is 0.0909. The molecule has 0 N–H and O–H groups in total. The summed E-state index contributed by atoms with van der Waals surface area (Å²) in [7, 11) is 2.01. The van der Waals surface area contributed by atoms with Crippen LogP contribution in [0.15, 0.2) is 51.7 Å². The molecule has 1 aromatic carbocycles. The number of furan rings is 1. The number of halogens is 1. The highest BCUT2D eigenvalue weighted by atomic mass is 79.9. The first-order valence-electron chi connectivity index (χ1n) is 4.29. The van der Waals surface area contributed by atoms with Crippen LogP contribution in [0.4, 0.5) is 11.4 Å². The molecular formula is C11H10BrNO. The Labute approximate surface area is 91.3 Å². The molecule has 0 unspecified atom stereocenters. The van der Waals surface area contributed by atoms with Crippen LogP contribution < -0.4 is 4.90 Å². The van der Waals surface area contributed by atoms with Gasteiger partial charge in [0, 0.05) is 23.3 Å². The molecule has 0 radical (unpaired) electrons. The van der Waals surface area contributed by atoms with Crippen molar-refractivity contribution in [3.8, 4) is 0 Å².